The first kappa shape index (κ1) is 15.6. The summed E-state index contributed by atoms with van der Waals surface area (Å²) < 4.78 is 34.1. The molecule has 0 aromatic carbocycles. The van der Waals surface area contributed by atoms with Crippen LogP contribution in [0.25, 0.3) is 0 Å². The molecule has 0 aliphatic carbocycles. The molecule has 0 saturated heterocycles. The summed E-state index contributed by atoms with van der Waals surface area (Å²) >= 11 is 0. The molecular weight excluding hydrogens is 229 g/mol. The molecule has 0 aliphatic rings. The van der Waals surface area contributed by atoms with Crippen LogP contribution in [0.1, 0.15) is 0 Å². The Labute approximate surface area is 58.2 Å². The van der Waals surface area contributed by atoms with Crippen LogP contribution in [0.15, 0.2) is 0 Å². The smallest absolute Gasteiger partial charge is 0.759 e. The summed E-state index contributed by atoms with van der Waals surface area (Å²) in [6.07, 6.45) is 0. The zero-order valence-electron chi connectivity index (χ0n) is 3.54. The van der Waals surface area contributed by atoms with Crippen molar-refractivity contribution >= 4 is 34.3 Å². The van der Waals surface area contributed by atoms with Gasteiger partial charge in [-0.25, -0.2) is 0 Å². The monoisotopic (exact) mass is 234 g/mol. The van der Waals surface area contributed by atoms with Gasteiger partial charge in [-0.05, 0) is 0 Å². The maximum atomic E-state index is 8.52. The summed E-state index contributed by atoms with van der Waals surface area (Å²) in [5.74, 6) is 0. The van der Waals surface area contributed by atoms with Gasteiger partial charge in [-0.15, -0.1) is 0 Å². The molecule has 0 bridgehead atoms. The fraction of sp³-hybridized carbons (Fsp3) is 0. The van der Waals surface area contributed by atoms with Crippen LogP contribution in [0.4, 0.5) is 0 Å². The van der Waals surface area contributed by atoms with Crippen LogP contribution in [0, 0.1) is 0 Å². The van der Waals surface area contributed by atoms with E-state index in [-0.39, 0.29) is 30.1 Å². The van der Waals surface area contributed by atoms with Gasteiger partial charge >= 0.3 is 23.9 Å². The zero-order chi connectivity index (χ0) is 4.50. The van der Waals surface area contributed by atoms with Gasteiger partial charge in [0.05, 0.1) is 0 Å². The Bertz CT molecular complexity index is 94.9. The Hall–Kier alpha value is 0.629. The molecule has 0 heterocycles. The predicted octanol–water partition coefficient (Wildman–Crippen LogP) is -1.34. The van der Waals surface area contributed by atoms with Crippen molar-refractivity contribution in [2.24, 2.45) is 0 Å². The number of hydrogen-bond donors (Lipinski definition) is 1. The summed E-state index contributed by atoms with van der Waals surface area (Å²) in [4.78, 5) is 0. The molecular formula is H4NO4SSn. The molecule has 0 saturated carbocycles. The second-order valence-corrected chi connectivity index (χ2v) is 1.22. The normalized spacial score (nSPS) is 8.29. The van der Waals surface area contributed by atoms with E-state index in [1.807, 2.05) is 0 Å². The van der Waals surface area contributed by atoms with E-state index in [0.717, 1.165) is 0 Å². The van der Waals surface area contributed by atoms with Gasteiger partial charge in [-0.1, -0.05) is 0 Å². The standard InChI is InChI=1S/H3N.H2O4S.Sn/c;1-5(2,3)4;/h1H3;(H2,1,2,3,4);/q;;+1/p-1. The molecule has 4 N–H and O–H groups in total. The third-order valence-corrected chi connectivity index (χ3v) is 0. The van der Waals surface area contributed by atoms with Crippen molar-refractivity contribution in [2.45, 2.75) is 0 Å². The van der Waals surface area contributed by atoms with E-state index in [1.54, 1.807) is 0 Å². The maximum Gasteiger partial charge on any atom is 1.00 e. The molecule has 43 valence electrons. The number of hydrogen-bond acceptors (Lipinski definition) is 4. The van der Waals surface area contributed by atoms with E-state index in [0.29, 0.717) is 0 Å². The third-order valence-electron chi connectivity index (χ3n) is 0. The first-order valence-electron chi connectivity index (χ1n) is 0.667. The fourth-order valence-corrected chi connectivity index (χ4v) is 0. The Morgan fingerprint density at radius 1 is 1.14 bits per heavy atom. The molecule has 0 aromatic heterocycles. The first-order chi connectivity index (χ1) is 2.00. The van der Waals surface area contributed by atoms with Crippen LogP contribution in [0.3, 0.4) is 0 Å². The molecule has 0 aromatic rings. The van der Waals surface area contributed by atoms with Crippen LogP contribution in [0.5, 0.6) is 0 Å². The van der Waals surface area contributed by atoms with Crippen molar-refractivity contribution in [3.63, 3.8) is 0 Å². The van der Waals surface area contributed by atoms with E-state index in [4.69, 9.17) is 17.5 Å². The molecule has 0 spiro atoms. The van der Waals surface area contributed by atoms with Gasteiger partial charge in [0.15, 0.2) is 0 Å². The van der Waals surface area contributed by atoms with Crippen molar-refractivity contribution in [3.8, 4) is 0 Å². The van der Waals surface area contributed by atoms with E-state index >= 15 is 0 Å². The minimum absolute atomic E-state index is 0. The molecule has 0 unspecified atom stereocenters. The summed E-state index contributed by atoms with van der Waals surface area (Å²) in [7, 11) is -5.17. The Morgan fingerprint density at radius 2 is 1.14 bits per heavy atom. The van der Waals surface area contributed by atoms with Gasteiger partial charge in [0.25, 0.3) is 0 Å². The van der Waals surface area contributed by atoms with Crippen molar-refractivity contribution in [3.05, 3.63) is 0 Å². The first-order valence-corrected chi connectivity index (χ1v) is 2.00. The molecule has 5 nitrogen and oxygen atoms in total. The minimum atomic E-state index is -5.17. The zero-order valence-corrected chi connectivity index (χ0v) is 7.21. The van der Waals surface area contributed by atoms with E-state index < -0.39 is 10.4 Å². The van der Waals surface area contributed by atoms with Crippen molar-refractivity contribution < 1.29 is 17.5 Å². The van der Waals surface area contributed by atoms with Gasteiger partial charge in [0.1, 0.15) is 0 Å². The van der Waals surface area contributed by atoms with Crippen molar-refractivity contribution in [1.82, 2.24) is 6.15 Å². The van der Waals surface area contributed by atoms with E-state index in [1.165, 1.54) is 0 Å². The number of quaternary nitrogens is 1. The summed E-state index contributed by atoms with van der Waals surface area (Å²) in [6, 6.07) is 0. The van der Waals surface area contributed by atoms with Gasteiger partial charge in [0, 0.05) is 10.4 Å². The van der Waals surface area contributed by atoms with Crippen LogP contribution in [-0.2, 0) is 10.4 Å². The molecule has 0 aliphatic heterocycles. The number of rotatable bonds is 0. The molecule has 0 amide bonds. The Balaban J connectivity index is -0.0000000800. The van der Waals surface area contributed by atoms with Gasteiger partial charge in [-0.2, -0.15) is 0 Å². The summed E-state index contributed by atoms with van der Waals surface area (Å²) in [5.41, 5.74) is 0. The van der Waals surface area contributed by atoms with Crippen LogP contribution < -0.4 is 6.15 Å². The summed E-state index contributed by atoms with van der Waals surface area (Å²) in [6.45, 7) is 0. The second kappa shape index (κ2) is 4.78. The van der Waals surface area contributed by atoms with Crippen molar-refractivity contribution in [1.29, 1.82) is 0 Å². The molecule has 7 heteroatoms. The SMILES string of the molecule is O=S(=O)([O-])[O-].[NH4+].[Sn+]. The topological polar surface area (TPSA) is 117 Å². The second-order valence-electron chi connectivity index (χ2n) is 0.408. The fourth-order valence-electron chi connectivity index (χ4n) is 0. The summed E-state index contributed by atoms with van der Waals surface area (Å²) in [5, 5.41) is 0. The third kappa shape index (κ3) is 359. The van der Waals surface area contributed by atoms with Gasteiger partial charge in [-0.3, -0.25) is 8.42 Å². The van der Waals surface area contributed by atoms with Gasteiger partial charge in [0.2, 0.25) is 0 Å². The predicted molar refractivity (Wildman–Crippen MR) is 22.2 cm³/mol. The molecule has 0 fully saturated rings. The quantitative estimate of drug-likeness (QED) is 0.316. The Kier molecular flexibility index (Phi) is 10.7. The van der Waals surface area contributed by atoms with Crippen molar-refractivity contribution in [2.75, 3.05) is 0 Å². The molecule has 0 atom stereocenters. The molecule has 7 heavy (non-hydrogen) atoms. The largest absolute Gasteiger partial charge is 1.00 e. The maximum absolute atomic E-state index is 8.52. The average molecular weight is 233 g/mol. The van der Waals surface area contributed by atoms with Gasteiger partial charge < -0.3 is 15.3 Å². The molecule has 0 rings (SSSR count). The average Bonchev–Trinajstić information content (AvgIpc) is 0.722. The minimum Gasteiger partial charge on any atom is -0.759 e. The van der Waals surface area contributed by atoms with E-state index in [9.17, 15) is 0 Å². The molecule has 3 radical (unpaired) electrons. The van der Waals surface area contributed by atoms with Crippen LogP contribution >= 0.6 is 0 Å². The van der Waals surface area contributed by atoms with Crippen LogP contribution in [-0.4, -0.2) is 41.4 Å². The van der Waals surface area contributed by atoms with E-state index in [2.05, 4.69) is 0 Å². The Morgan fingerprint density at radius 3 is 1.14 bits per heavy atom. The van der Waals surface area contributed by atoms with Crippen LogP contribution in [0.2, 0.25) is 0 Å².